The monoisotopic (exact) mass is 386 g/mol. The molecule has 0 amide bonds. The standard InChI is InChI=1S/C19H17BCl2N2O2/c1-20-14-5-3-4-13(10-14)16-17(21)23-18(22)19(25)24(16)11-12-6-8-15(26-2)9-7-12/h3-10,20H,11H2,1-2H3. The number of hydrogen-bond acceptors (Lipinski definition) is 3. The van der Waals surface area contributed by atoms with Crippen molar-refractivity contribution in [3.05, 3.63) is 74.8 Å². The number of nitrogens with zero attached hydrogens (tertiary/aromatic N) is 2. The van der Waals surface area contributed by atoms with Crippen LogP contribution in [0.15, 0.2) is 53.3 Å². The molecule has 0 aliphatic rings. The van der Waals surface area contributed by atoms with Crippen LogP contribution >= 0.6 is 23.2 Å². The van der Waals surface area contributed by atoms with E-state index < -0.39 is 0 Å². The maximum atomic E-state index is 12.7. The SMILES string of the molecule is CBc1cccc(-c2c(Cl)nc(Cl)c(=O)n2Cc2ccc(OC)cc2)c1. The number of aromatic nitrogens is 2. The summed E-state index contributed by atoms with van der Waals surface area (Å²) in [6, 6.07) is 15.4. The molecule has 1 aromatic heterocycles. The second-order valence-corrected chi connectivity index (χ2v) is 6.55. The van der Waals surface area contributed by atoms with Gasteiger partial charge in [0.25, 0.3) is 5.56 Å². The fraction of sp³-hybridized carbons (Fsp3) is 0.158. The summed E-state index contributed by atoms with van der Waals surface area (Å²) >= 11 is 12.4. The lowest BCUT2D eigenvalue weighted by Crippen LogP contribution is -2.25. The molecule has 0 spiro atoms. The number of methoxy groups -OCH3 is 1. The molecule has 0 radical (unpaired) electrons. The van der Waals surface area contributed by atoms with Gasteiger partial charge >= 0.3 is 0 Å². The van der Waals surface area contributed by atoms with Crippen molar-refractivity contribution < 1.29 is 4.74 Å². The molecule has 1 heterocycles. The summed E-state index contributed by atoms with van der Waals surface area (Å²) in [6.45, 7) is 2.40. The Morgan fingerprint density at radius 2 is 1.85 bits per heavy atom. The van der Waals surface area contributed by atoms with E-state index in [0.717, 1.165) is 29.6 Å². The molecule has 0 atom stereocenters. The highest BCUT2D eigenvalue weighted by Crippen LogP contribution is 2.26. The van der Waals surface area contributed by atoms with Crippen LogP contribution in [0.25, 0.3) is 11.3 Å². The Bertz CT molecular complexity index is 988. The fourth-order valence-electron chi connectivity index (χ4n) is 2.79. The molecule has 0 N–H and O–H groups in total. The summed E-state index contributed by atoms with van der Waals surface area (Å²) in [5.41, 5.74) is 3.11. The third kappa shape index (κ3) is 3.79. The van der Waals surface area contributed by atoms with Gasteiger partial charge in [-0.3, -0.25) is 9.36 Å². The van der Waals surface area contributed by atoms with E-state index >= 15 is 0 Å². The van der Waals surface area contributed by atoms with Gasteiger partial charge in [-0.1, -0.05) is 71.9 Å². The Balaban J connectivity index is 2.14. The lowest BCUT2D eigenvalue weighted by Gasteiger charge is -2.15. The lowest BCUT2D eigenvalue weighted by molar-refractivity contribution is 0.414. The van der Waals surface area contributed by atoms with Gasteiger partial charge in [0.05, 0.1) is 19.3 Å². The second-order valence-electron chi connectivity index (χ2n) is 5.84. The van der Waals surface area contributed by atoms with Crippen LogP contribution in [-0.2, 0) is 6.54 Å². The smallest absolute Gasteiger partial charge is 0.289 e. The molecule has 26 heavy (non-hydrogen) atoms. The summed E-state index contributed by atoms with van der Waals surface area (Å²) in [5, 5.41) is 0.0651. The van der Waals surface area contributed by atoms with Gasteiger partial charge < -0.3 is 4.74 Å². The summed E-state index contributed by atoms with van der Waals surface area (Å²) < 4.78 is 6.74. The average molecular weight is 387 g/mol. The molecular weight excluding hydrogens is 370 g/mol. The topological polar surface area (TPSA) is 44.1 Å². The minimum absolute atomic E-state index is 0.140. The van der Waals surface area contributed by atoms with Crippen LogP contribution in [0, 0.1) is 0 Å². The van der Waals surface area contributed by atoms with Crippen molar-refractivity contribution in [1.29, 1.82) is 0 Å². The maximum absolute atomic E-state index is 12.7. The molecule has 7 heteroatoms. The van der Waals surface area contributed by atoms with Gasteiger partial charge in [-0.05, 0) is 17.7 Å². The van der Waals surface area contributed by atoms with Gasteiger partial charge in [0, 0.05) is 5.56 Å². The first-order chi connectivity index (χ1) is 12.5. The third-order valence-electron chi connectivity index (χ3n) is 4.19. The zero-order chi connectivity index (χ0) is 18.7. The lowest BCUT2D eigenvalue weighted by atomic mass is 9.73. The van der Waals surface area contributed by atoms with Crippen molar-refractivity contribution in [2.24, 2.45) is 0 Å². The van der Waals surface area contributed by atoms with Gasteiger partial charge in [-0.15, -0.1) is 0 Å². The molecular formula is C19H17BCl2N2O2. The van der Waals surface area contributed by atoms with Crippen LogP contribution in [0.3, 0.4) is 0 Å². The van der Waals surface area contributed by atoms with E-state index in [0.29, 0.717) is 12.2 Å². The number of hydrogen-bond donors (Lipinski definition) is 0. The van der Waals surface area contributed by atoms with E-state index in [4.69, 9.17) is 27.9 Å². The van der Waals surface area contributed by atoms with E-state index in [2.05, 4.69) is 11.8 Å². The molecule has 0 saturated carbocycles. The fourth-order valence-corrected chi connectivity index (χ4v) is 3.31. The molecule has 2 aromatic carbocycles. The zero-order valence-corrected chi connectivity index (χ0v) is 16.0. The summed E-state index contributed by atoms with van der Waals surface area (Å²) in [4.78, 5) is 16.7. The molecule has 0 fully saturated rings. The van der Waals surface area contributed by atoms with Gasteiger partial charge in [0.1, 0.15) is 5.75 Å². The van der Waals surface area contributed by atoms with Crippen molar-refractivity contribution in [1.82, 2.24) is 9.55 Å². The molecule has 0 saturated heterocycles. The Labute approximate surface area is 162 Å². The first-order valence-corrected chi connectivity index (χ1v) is 8.97. The Hall–Kier alpha value is -2.24. The Kier molecular flexibility index (Phi) is 5.69. The van der Waals surface area contributed by atoms with Crippen LogP contribution in [0.1, 0.15) is 5.56 Å². The highest BCUT2D eigenvalue weighted by atomic mass is 35.5. The molecule has 3 aromatic rings. The quantitative estimate of drug-likeness (QED) is 0.631. The molecule has 0 aliphatic carbocycles. The largest absolute Gasteiger partial charge is 0.497 e. The van der Waals surface area contributed by atoms with E-state index in [-0.39, 0.29) is 15.9 Å². The van der Waals surface area contributed by atoms with Gasteiger partial charge in [0.2, 0.25) is 0 Å². The molecule has 3 rings (SSSR count). The van der Waals surface area contributed by atoms with Crippen molar-refractivity contribution in [3.63, 3.8) is 0 Å². The highest BCUT2D eigenvalue weighted by molar-refractivity contribution is 6.52. The minimum Gasteiger partial charge on any atom is -0.497 e. The predicted octanol–water partition coefficient (Wildman–Crippen LogP) is 3.38. The Morgan fingerprint density at radius 1 is 1.12 bits per heavy atom. The van der Waals surface area contributed by atoms with Crippen molar-refractivity contribution in [2.45, 2.75) is 13.4 Å². The number of benzene rings is 2. The number of ether oxygens (including phenoxy) is 1. The van der Waals surface area contributed by atoms with E-state index in [1.807, 2.05) is 48.5 Å². The second kappa shape index (κ2) is 7.98. The van der Waals surface area contributed by atoms with E-state index in [1.165, 1.54) is 0 Å². The van der Waals surface area contributed by atoms with Gasteiger partial charge in [0.15, 0.2) is 17.6 Å². The molecule has 0 aliphatic heterocycles. The van der Waals surface area contributed by atoms with Crippen LogP contribution in [0.4, 0.5) is 0 Å². The van der Waals surface area contributed by atoms with E-state index in [1.54, 1.807) is 11.7 Å². The van der Waals surface area contributed by atoms with Crippen LogP contribution in [-0.4, -0.2) is 23.9 Å². The maximum Gasteiger partial charge on any atom is 0.289 e. The van der Waals surface area contributed by atoms with Crippen LogP contribution in [0.5, 0.6) is 5.75 Å². The van der Waals surface area contributed by atoms with Gasteiger partial charge in [-0.25, -0.2) is 4.98 Å². The molecule has 4 nitrogen and oxygen atoms in total. The zero-order valence-electron chi connectivity index (χ0n) is 14.5. The third-order valence-corrected chi connectivity index (χ3v) is 4.70. The van der Waals surface area contributed by atoms with Crippen molar-refractivity contribution in [3.8, 4) is 17.0 Å². The highest BCUT2D eigenvalue weighted by Gasteiger charge is 2.17. The summed E-state index contributed by atoms with van der Waals surface area (Å²) in [5.74, 6) is 0.753. The predicted molar refractivity (Wildman–Crippen MR) is 109 cm³/mol. The number of rotatable bonds is 5. The average Bonchev–Trinajstić information content (AvgIpc) is 2.66. The molecule has 0 bridgehead atoms. The normalized spacial score (nSPS) is 10.6. The van der Waals surface area contributed by atoms with Crippen molar-refractivity contribution in [2.75, 3.05) is 7.11 Å². The van der Waals surface area contributed by atoms with E-state index in [9.17, 15) is 4.79 Å². The van der Waals surface area contributed by atoms with Crippen LogP contribution < -0.4 is 15.8 Å². The number of halogens is 2. The first kappa shape index (κ1) is 18.6. The Morgan fingerprint density at radius 3 is 2.50 bits per heavy atom. The van der Waals surface area contributed by atoms with Crippen molar-refractivity contribution >= 4 is 35.9 Å². The summed E-state index contributed by atoms with van der Waals surface area (Å²) in [7, 11) is 2.50. The first-order valence-electron chi connectivity index (χ1n) is 8.21. The minimum atomic E-state index is -0.371. The van der Waals surface area contributed by atoms with Gasteiger partial charge in [-0.2, -0.15) is 0 Å². The van der Waals surface area contributed by atoms with Crippen LogP contribution in [0.2, 0.25) is 17.1 Å². The molecule has 0 unspecified atom stereocenters. The summed E-state index contributed by atoms with van der Waals surface area (Å²) in [6.07, 6.45) is 0. The molecule has 132 valence electrons.